The van der Waals surface area contributed by atoms with E-state index in [1.807, 2.05) is 61.8 Å². The van der Waals surface area contributed by atoms with Gasteiger partial charge in [0, 0.05) is 88.9 Å². The monoisotopic (exact) mass is 1140 g/mol. The van der Waals surface area contributed by atoms with Crippen molar-refractivity contribution in [2.45, 2.75) is 121 Å². The first kappa shape index (κ1) is 66.3. The van der Waals surface area contributed by atoms with Gasteiger partial charge in [0.25, 0.3) is 0 Å². The van der Waals surface area contributed by atoms with Gasteiger partial charge in [-0.3, -0.25) is 14.4 Å². The number of carboxylic acids is 2. The molecule has 0 radical (unpaired) electrons. The number of Topliss-reactive ketones (excluding diaryl/α,β-unsaturated/α-hetero) is 1. The van der Waals surface area contributed by atoms with E-state index in [2.05, 4.69) is 35.9 Å². The predicted molar refractivity (Wildman–Crippen MR) is 272 cm³/mol. The summed E-state index contributed by atoms with van der Waals surface area (Å²) in [5.74, 6) is -5.69. The first-order valence-corrected chi connectivity index (χ1v) is 29.5. The van der Waals surface area contributed by atoms with E-state index in [1.54, 1.807) is 0 Å². The molecule has 1 aliphatic carbocycles. The van der Waals surface area contributed by atoms with Gasteiger partial charge in [-0.05, 0) is 100 Å². The van der Waals surface area contributed by atoms with Crippen LogP contribution in [0.4, 0.5) is 11.4 Å². The van der Waals surface area contributed by atoms with Gasteiger partial charge < -0.3 is 39.8 Å². The Labute approximate surface area is 488 Å². The normalized spacial score (nSPS) is 18.1. The quantitative estimate of drug-likeness (QED) is 0.0361. The second kappa shape index (κ2) is 27.7. The largest absolute Gasteiger partial charge is 1.00 e. The van der Waals surface area contributed by atoms with Crippen LogP contribution in [0.15, 0.2) is 87.3 Å². The molecule has 3 aliphatic rings. The van der Waals surface area contributed by atoms with Crippen LogP contribution in [0.25, 0.3) is 0 Å². The molecule has 2 atom stereocenters. The first-order chi connectivity index (χ1) is 33.9. The Morgan fingerprint density at radius 2 is 1.51 bits per heavy atom. The molecule has 400 valence electrons. The minimum Gasteiger partial charge on any atom is -0.748 e. The van der Waals surface area contributed by atoms with Gasteiger partial charge in [0.15, 0.2) is 11.8 Å². The molecule has 19 nitrogen and oxygen atoms in total. The van der Waals surface area contributed by atoms with Crippen molar-refractivity contribution in [1.29, 1.82) is 0 Å². The van der Waals surface area contributed by atoms with E-state index >= 15 is 0 Å². The molecule has 1 amide bonds. The molecule has 25 heteroatoms. The van der Waals surface area contributed by atoms with Crippen LogP contribution < -0.4 is 75.1 Å². The Hall–Kier alpha value is -3.01. The molecule has 0 aromatic heterocycles. The summed E-state index contributed by atoms with van der Waals surface area (Å²) in [6.07, 6.45) is 9.90. The first-order valence-electron chi connectivity index (χ1n) is 23.9. The second-order valence-electron chi connectivity index (χ2n) is 19.8. The SMILES string of the molecule is Cc1ccc2c(c1)C(C)(C)C(=CC=C1CCCC(C=CC3=[N+](CCCCS(=O)(=O)[O-])c4ccc(S(=O)(=O)[O-])cc4C3(C)C)=C1SC[C@H](CC(=O)CC[C@H]([NH3+])C(=O)O)C(=O)NCC(=O)O)N2CCCCS(=O)(=O)[O-].[Na+].[Na+]. The number of carbonyl (C=O) groups excluding carboxylic acids is 2. The van der Waals surface area contributed by atoms with E-state index in [4.69, 9.17) is 0 Å². The van der Waals surface area contributed by atoms with Crippen molar-refractivity contribution in [1.82, 2.24) is 5.32 Å². The van der Waals surface area contributed by atoms with Gasteiger partial charge in [0.05, 0.1) is 36.5 Å². The summed E-state index contributed by atoms with van der Waals surface area (Å²) in [4.78, 5) is 52.4. The maximum Gasteiger partial charge on any atom is 1.00 e. The van der Waals surface area contributed by atoms with Gasteiger partial charge in [-0.15, -0.1) is 11.8 Å². The third-order valence-electron chi connectivity index (χ3n) is 13.4. The molecule has 75 heavy (non-hydrogen) atoms. The molecule has 2 aliphatic heterocycles. The number of carboxylic acid groups (broad SMARTS) is 2. The van der Waals surface area contributed by atoms with Crippen molar-refractivity contribution >= 4 is 82.8 Å². The number of quaternary nitrogens is 1. The van der Waals surface area contributed by atoms with Crippen LogP contribution in [-0.4, -0.2) is 126 Å². The fourth-order valence-electron chi connectivity index (χ4n) is 9.50. The average Bonchev–Trinajstić information content (AvgIpc) is 3.63. The number of carbonyl (C=O) groups is 4. The molecule has 6 N–H and O–H groups in total. The number of allylic oxidation sites excluding steroid dienone is 7. The summed E-state index contributed by atoms with van der Waals surface area (Å²) in [5, 5.41) is 21.1. The maximum absolute atomic E-state index is 13.7. The number of anilines is 1. The molecule has 2 aromatic rings. The number of rotatable bonds is 26. The van der Waals surface area contributed by atoms with Crippen molar-refractivity contribution in [2.24, 2.45) is 5.92 Å². The molecule has 0 bridgehead atoms. The number of ketones is 1. The predicted octanol–water partition coefficient (Wildman–Crippen LogP) is -1.48. The molecule has 0 spiro atoms. The molecular weight excluding hydrogens is 1070 g/mol. The summed E-state index contributed by atoms with van der Waals surface area (Å²) >= 11 is 1.29. The molecule has 2 aromatic carbocycles. The van der Waals surface area contributed by atoms with E-state index < -0.39 is 99.7 Å². The van der Waals surface area contributed by atoms with E-state index in [1.165, 1.54) is 30.0 Å². The van der Waals surface area contributed by atoms with Crippen molar-refractivity contribution < 1.29 is 138 Å². The zero-order valence-electron chi connectivity index (χ0n) is 43.7. The number of thioether (sulfide) groups is 1. The van der Waals surface area contributed by atoms with Crippen LogP contribution in [0.1, 0.15) is 109 Å². The molecule has 2 heterocycles. The Balaban J connectivity index is 0.00000741. The number of amides is 1. The van der Waals surface area contributed by atoms with Crippen molar-refractivity contribution in [3.05, 3.63) is 99.1 Å². The fourth-order valence-corrected chi connectivity index (χ4v) is 12.5. The maximum atomic E-state index is 13.7. The number of hydrogen-bond donors (Lipinski definition) is 4. The Bertz CT molecular complexity index is 3010. The number of fused-ring (bicyclic) bond motifs is 2. The number of hydrogen-bond acceptors (Lipinski definition) is 15. The van der Waals surface area contributed by atoms with E-state index in [9.17, 15) is 68.3 Å². The minimum atomic E-state index is -4.85. The van der Waals surface area contributed by atoms with E-state index in [0.29, 0.717) is 49.2 Å². The third kappa shape index (κ3) is 18.3. The standard InChI is InChI=1S/C50H66N4O15S4.2Na/c1-32-13-19-41-38(27-32)49(2,3)43(53(41)23-6-8-25-71(61,62)63)21-14-33-11-10-12-34(46(33)70-31-35(47(58)52-30-45(56)57)28-36(55)16-18-40(51)48(59)60)15-22-44-50(4,5)39-29-37(73(67,68)69)17-20-42(39)54(44)24-7-9-26-72(64,65)66;;/h13-15,17,19-22,27,29,35,40H,6-12,16,18,23-26,28,30-31,51H2,1-5H3,(H5-,52,56,57,58,59,60,61,62,63,64,65,66,67,68,69);;/q;2*+1/p-1/t35-,40-;;/m0../s1. The van der Waals surface area contributed by atoms with E-state index in [-0.39, 0.29) is 110 Å². The summed E-state index contributed by atoms with van der Waals surface area (Å²) in [7, 11) is -13.8. The molecule has 0 fully saturated rings. The zero-order chi connectivity index (χ0) is 54.3. The Morgan fingerprint density at radius 1 is 0.853 bits per heavy atom. The molecule has 0 saturated heterocycles. The third-order valence-corrected chi connectivity index (χ3v) is 17.2. The van der Waals surface area contributed by atoms with Gasteiger partial charge in [-0.1, -0.05) is 43.7 Å². The van der Waals surface area contributed by atoms with Gasteiger partial charge in [-0.2, -0.15) is 4.58 Å². The molecule has 0 saturated carbocycles. The van der Waals surface area contributed by atoms with Crippen LogP contribution in [0.3, 0.4) is 0 Å². The zero-order valence-corrected chi connectivity index (χ0v) is 50.9. The van der Waals surface area contributed by atoms with Crippen LogP contribution in [0.5, 0.6) is 0 Å². The Morgan fingerprint density at radius 3 is 2.12 bits per heavy atom. The van der Waals surface area contributed by atoms with Crippen LogP contribution in [-0.2, 0) is 60.4 Å². The van der Waals surface area contributed by atoms with Gasteiger partial charge in [0.1, 0.15) is 29.0 Å². The summed E-state index contributed by atoms with van der Waals surface area (Å²) < 4.78 is 107. The second-order valence-corrected chi connectivity index (χ2v) is 25.2. The number of unbranched alkanes of at least 4 members (excludes halogenated alkanes) is 2. The smallest absolute Gasteiger partial charge is 0.748 e. The number of aryl methyl sites for hydroxylation is 1. The fraction of sp³-hybridized carbons (Fsp3) is 0.500. The summed E-state index contributed by atoms with van der Waals surface area (Å²) in [6, 6.07) is 9.12. The topological polar surface area (TPSA) is 326 Å². The minimum absolute atomic E-state index is 0. The summed E-state index contributed by atoms with van der Waals surface area (Å²) in [6.45, 7) is 9.83. The van der Waals surface area contributed by atoms with Crippen molar-refractivity contribution in [2.75, 3.05) is 41.8 Å². The molecule has 0 unspecified atom stereocenters. The molecular formula is C50H65N4Na2O15S4+. The van der Waals surface area contributed by atoms with E-state index in [0.717, 1.165) is 38.6 Å². The van der Waals surface area contributed by atoms with Crippen LogP contribution in [0, 0.1) is 12.8 Å². The van der Waals surface area contributed by atoms with Crippen molar-refractivity contribution in [3.63, 3.8) is 0 Å². The van der Waals surface area contributed by atoms with Gasteiger partial charge in [-0.25, -0.2) is 30.0 Å². The number of nitrogens with one attached hydrogen (secondary N) is 1. The number of nitrogens with zero attached hydrogens (tertiary/aromatic N) is 2. The summed E-state index contributed by atoms with van der Waals surface area (Å²) in [5.41, 5.74) is 9.52. The average molecular weight is 1140 g/mol. The van der Waals surface area contributed by atoms with Crippen LogP contribution >= 0.6 is 11.8 Å². The number of benzene rings is 2. The molecule has 5 rings (SSSR count). The number of aliphatic carboxylic acids is 2. The van der Waals surface area contributed by atoms with Crippen LogP contribution in [0.2, 0.25) is 0 Å². The van der Waals surface area contributed by atoms with Crippen molar-refractivity contribution in [3.8, 4) is 0 Å². The van der Waals surface area contributed by atoms with Gasteiger partial charge >= 0.3 is 71.1 Å². The van der Waals surface area contributed by atoms with Gasteiger partial charge in [0.2, 0.25) is 11.6 Å². The Kier molecular flexibility index (Phi) is 24.5.